The molecule has 9 heteroatoms. The predicted molar refractivity (Wildman–Crippen MR) is 117 cm³/mol. The third kappa shape index (κ3) is 4.38. The van der Waals surface area contributed by atoms with Crippen LogP contribution in [0.15, 0.2) is 48.9 Å². The summed E-state index contributed by atoms with van der Waals surface area (Å²) >= 11 is 6.18. The van der Waals surface area contributed by atoms with Crippen LogP contribution in [0, 0.1) is 0 Å². The largest absolute Gasteiger partial charge is 0.351 e. The number of fused-ring (bicyclic) bond motifs is 1. The van der Waals surface area contributed by atoms with Crippen LogP contribution in [0.5, 0.6) is 0 Å². The van der Waals surface area contributed by atoms with Crippen LogP contribution in [0.3, 0.4) is 0 Å². The van der Waals surface area contributed by atoms with E-state index < -0.39 is 0 Å². The van der Waals surface area contributed by atoms with Crippen molar-refractivity contribution in [2.45, 2.75) is 26.3 Å². The zero-order valence-electron chi connectivity index (χ0n) is 16.5. The standard InChI is InChI=1S/C21H20ClN7O/c1-12(8-19-17(22)4-3-7-23-19)26-21-24-10-15(11-25-21)14-5-6-18-16(9-14)20(29-28-18)27-13(2)30/h3-7,9-12H,8H2,1-2H3,(H,24,25,26)(H2,27,28,29,30). The molecular formula is C21H20ClN7O. The third-order valence-corrected chi connectivity index (χ3v) is 4.90. The van der Waals surface area contributed by atoms with Gasteiger partial charge in [-0.2, -0.15) is 5.10 Å². The molecule has 0 aliphatic carbocycles. The molecule has 3 aromatic heterocycles. The Balaban J connectivity index is 1.49. The van der Waals surface area contributed by atoms with Gasteiger partial charge in [-0.1, -0.05) is 17.7 Å². The summed E-state index contributed by atoms with van der Waals surface area (Å²) in [6.07, 6.45) is 5.91. The maximum absolute atomic E-state index is 11.4. The van der Waals surface area contributed by atoms with Gasteiger partial charge in [0.1, 0.15) is 0 Å². The molecule has 152 valence electrons. The first kappa shape index (κ1) is 19.8. The van der Waals surface area contributed by atoms with Crippen molar-refractivity contribution in [2.24, 2.45) is 0 Å². The van der Waals surface area contributed by atoms with Crippen molar-refractivity contribution in [2.75, 3.05) is 10.6 Å². The normalized spacial score (nSPS) is 12.0. The number of aromatic amines is 1. The van der Waals surface area contributed by atoms with Gasteiger partial charge in [-0.15, -0.1) is 0 Å². The van der Waals surface area contributed by atoms with E-state index >= 15 is 0 Å². The summed E-state index contributed by atoms with van der Waals surface area (Å²) < 4.78 is 0. The van der Waals surface area contributed by atoms with Crippen molar-refractivity contribution in [3.63, 3.8) is 0 Å². The zero-order valence-corrected chi connectivity index (χ0v) is 17.2. The fourth-order valence-corrected chi connectivity index (χ4v) is 3.34. The Morgan fingerprint density at radius 2 is 1.97 bits per heavy atom. The highest BCUT2D eigenvalue weighted by atomic mass is 35.5. The van der Waals surface area contributed by atoms with E-state index in [-0.39, 0.29) is 11.9 Å². The summed E-state index contributed by atoms with van der Waals surface area (Å²) in [7, 11) is 0. The molecule has 0 saturated carbocycles. The van der Waals surface area contributed by atoms with Crippen LogP contribution < -0.4 is 10.6 Å². The lowest BCUT2D eigenvalue weighted by molar-refractivity contribution is -0.114. The number of pyridine rings is 1. The number of carbonyl (C=O) groups excluding carboxylic acids is 1. The molecule has 4 rings (SSSR count). The quantitative estimate of drug-likeness (QED) is 0.433. The van der Waals surface area contributed by atoms with Crippen LogP contribution >= 0.6 is 11.6 Å². The summed E-state index contributed by atoms with van der Waals surface area (Å²) in [5, 5.41) is 14.5. The zero-order chi connectivity index (χ0) is 21.1. The number of nitrogens with one attached hydrogen (secondary N) is 3. The second-order valence-electron chi connectivity index (χ2n) is 6.99. The second kappa shape index (κ2) is 8.46. The minimum Gasteiger partial charge on any atom is -0.351 e. The lowest BCUT2D eigenvalue weighted by atomic mass is 10.1. The fourth-order valence-electron chi connectivity index (χ4n) is 3.14. The molecule has 1 unspecified atom stereocenters. The summed E-state index contributed by atoms with van der Waals surface area (Å²) in [6, 6.07) is 9.51. The van der Waals surface area contributed by atoms with Gasteiger partial charge in [0.25, 0.3) is 0 Å². The van der Waals surface area contributed by atoms with Gasteiger partial charge in [0.05, 0.1) is 16.2 Å². The third-order valence-electron chi connectivity index (χ3n) is 4.55. The fraction of sp³-hybridized carbons (Fsp3) is 0.190. The van der Waals surface area contributed by atoms with Gasteiger partial charge in [0.2, 0.25) is 11.9 Å². The van der Waals surface area contributed by atoms with Crippen molar-refractivity contribution in [3.8, 4) is 11.1 Å². The molecule has 8 nitrogen and oxygen atoms in total. The first-order valence-electron chi connectivity index (χ1n) is 9.43. The Kier molecular flexibility index (Phi) is 5.58. The van der Waals surface area contributed by atoms with Gasteiger partial charge >= 0.3 is 0 Å². The van der Waals surface area contributed by atoms with E-state index in [9.17, 15) is 4.79 Å². The van der Waals surface area contributed by atoms with E-state index in [1.54, 1.807) is 18.6 Å². The average molecular weight is 422 g/mol. The van der Waals surface area contributed by atoms with E-state index in [0.717, 1.165) is 27.7 Å². The Labute approximate surface area is 178 Å². The van der Waals surface area contributed by atoms with Crippen molar-refractivity contribution in [3.05, 3.63) is 59.6 Å². The minimum absolute atomic E-state index is 0.0609. The maximum atomic E-state index is 11.4. The Morgan fingerprint density at radius 1 is 1.17 bits per heavy atom. The first-order valence-corrected chi connectivity index (χ1v) is 9.81. The highest BCUT2D eigenvalue weighted by molar-refractivity contribution is 6.31. The lowest BCUT2D eigenvalue weighted by Crippen LogP contribution is -2.20. The molecule has 3 heterocycles. The van der Waals surface area contributed by atoms with Crippen molar-refractivity contribution >= 4 is 40.2 Å². The van der Waals surface area contributed by atoms with E-state index in [0.29, 0.717) is 23.2 Å². The Hall–Kier alpha value is -3.52. The molecule has 1 atom stereocenters. The van der Waals surface area contributed by atoms with E-state index in [4.69, 9.17) is 11.6 Å². The monoisotopic (exact) mass is 421 g/mol. The van der Waals surface area contributed by atoms with E-state index in [1.165, 1.54) is 6.92 Å². The Morgan fingerprint density at radius 3 is 2.70 bits per heavy atom. The summed E-state index contributed by atoms with van der Waals surface area (Å²) in [6.45, 7) is 3.48. The van der Waals surface area contributed by atoms with Gasteiger partial charge in [0, 0.05) is 48.9 Å². The molecule has 0 radical (unpaired) electrons. The van der Waals surface area contributed by atoms with Gasteiger partial charge in [-0.3, -0.25) is 14.9 Å². The number of aromatic nitrogens is 5. The van der Waals surface area contributed by atoms with Crippen LogP contribution in [0.1, 0.15) is 19.5 Å². The van der Waals surface area contributed by atoms with Crippen molar-refractivity contribution in [1.82, 2.24) is 25.1 Å². The molecule has 0 fully saturated rings. The van der Waals surface area contributed by atoms with Gasteiger partial charge < -0.3 is 10.6 Å². The molecule has 0 aliphatic rings. The maximum Gasteiger partial charge on any atom is 0.222 e. The van der Waals surface area contributed by atoms with Crippen LogP contribution in [0.2, 0.25) is 5.02 Å². The van der Waals surface area contributed by atoms with E-state index in [2.05, 4.69) is 35.8 Å². The molecule has 0 aliphatic heterocycles. The molecule has 1 aromatic carbocycles. The van der Waals surface area contributed by atoms with Gasteiger partial charge in [0.15, 0.2) is 5.82 Å². The molecule has 0 bridgehead atoms. The molecular weight excluding hydrogens is 402 g/mol. The van der Waals surface area contributed by atoms with Gasteiger partial charge in [-0.05, 0) is 36.8 Å². The number of H-pyrrole nitrogens is 1. The number of rotatable bonds is 6. The molecule has 4 aromatic rings. The molecule has 3 N–H and O–H groups in total. The SMILES string of the molecule is CC(=O)Nc1n[nH]c2ccc(-c3cnc(NC(C)Cc4ncccc4Cl)nc3)cc12. The number of anilines is 2. The van der Waals surface area contributed by atoms with Crippen LogP contribution in [0.25, 0.3) is 22.0 Å². The summed E-state index contributed by atoms with van der Waals surface area (Å²) in [4.78, 5) is 24.5. The smallest absolute Gasteiger partial charge is 0.222 e. The number of amides is 1. The van der Waals surface area contributed by atoms with Gasteiger partial charge in [-0.25, -0.2) is 9.97 Å². The summed E-state index contributed by atoms with van der Waals surface area (Å²) in [5.41, 5.74) is 3.45. The molecule has 0 saturated heterocycles. The number of nitrogens with zero attached hydrogens (tertiary/aromatic N) is 4. The van der Waals surface area contributed by atoms with Crippen LogP contribution in [-0.4, -0.2) is 37.1 Å². The second-order valence-corrected chi connectivity index (χ2v) is 7.40. The number of carbonyl (C=O) groups is 1. The van der Waals surface area contributed by atoms with E-state index in [1.807, 2.05) is 37.3 Å². The molecule has 1 amide bonds. The molecule has 0 spiro atoms. The van der Waals surface area contributed by atoms with Crippen molar-refractivity contribution < 1.29 is 4.79 Å². The van der Waals surface area contributed by atoms with Crippen LogP contribution in [0.4, 0.5) is 11.8 Å². The number of benzene rings is 1. The molecule has 30 heavy (non-hydrogen) atoms. The number of hydrogen-bond acceptors (Lipinski definition) is 6. The highest BCUT2D eigenvalue weighted by Crippen LogP contribution is 2.27. The van der Waals surface area contributed by atoms with Crippen LogP contribution in [-0.2, 0) is 11.2 Å². The first-order chi connectivity index (χ1) is 14.5. The highest BCUT2D eigenvalue weighted by Gasteiger charge is 2.11. The Bertz CT molecular complexity index is 1190. The van der Waals surface area contributed by atoms with Crippen molar-refractivity contribution in [1.29, 1.82) is 0 Å². The number of hydrogen-bond donors (Lipinski definition) is 3. The lowest BCUT2D eigenvalue weighted by Gasteiger charge is -2.14. The topological polar surface area (TPSA) is 108 Å². The average Bonchev–Trinajstić information content (AvgIpc) is 3.12. The predicted octanol–water partition coefficient (Wildman–Crippen LogP) is 4.07. The summed E-state index contributed by atoms with van der Waals surface area (Å²) in [5.74, 6) is 0.857. The minimum atomic E-state index is -0.173. The number of halogens is 1.